The number of nitriles is 1. The van der Waals surface area contributed by atoms with Crippen molar-refractivity contribution in [1.29, 1.82) is 5.26 Å². The Morgan fingerprint density at radius 1 is 0.939 bits per heavy atom. The molecule has 4 aromatic rings. The molecule has 3 aromatic carbocycles. The maximum Gasteiger partial charge on any atom is 0.269 e. The Kier molecular flexibility index (Phi) is 6.10. The topological polar surface area (TPSA) is 109 Å². The number of furan rings is 1. The van der Waals surface area contributed by atoms with Crippen molar-refractivity contribution >= 4 is 23.6 Å². The number of nitrogens with one attached hydrogen (secondary N) is 1. The van der Waals surface area contributed by atoms with Crippen LogP contribution in [-0.4, -0.2) is 10.8 Å². The number of carbonyl (C=O) groups is 1. The largest absolute Gasteiger partial charge is 0.438 e. The average molecular weight is 435 g/mol. The fourth-order valence-electron chi connectivity index (χ4n) is 3.33. The van der Waals surface area contributed by atoms with Crippen molar-refractivity contribution in [3.05, 3.63) is 112 Å². The molecule has 4 rings (SSSR count). The lowest BCUT2D eigenvalue weighted by Gasteiger charge is -2.03. The number of nitro groups is 1. The monoisotopic (exact) mass is 435 g/mol. The molecule has 33 heavy (non-hydrogen) atoms. The van der Waals surface area contributed by atoms with Gasteiger partial charge in [-0.2, -0.15) is 5.26 Å². The highest BCUT2D eigenvalue weighted by Crippen LogP contribution is 2.41. The van der Waals surface area contributed by atoms with Gasteiger partial charge in [-0.1, -0.05) is 60.7 Å². The molecule has 1 heterocycles. The van der Waals surface area contributed by atoms with Crippen molar-refractivity contribution in [1.82, 2.24) is 0 Å². The van der Waals surface area contributed by atoms with E-state index < -0.39 is 10.8 Å². The number of anilines is 1. The van der Waals surface area contributed by atoms with Gasteiger partial charge < -0.3 is 4.42 Å². The molecule has 7 heteroatoms. The molecule has 0 bridgehead atoms. The number of carbonyl (C=O) groups excluding carboxylic acids is 1. The van der Waals surface area contributed by atoms with Gasteiger partial charge in [-0.05, 0) is 29.3 Å². The van der Waals surface area contributed by atoms with Crippen molar-refractivity contribution in [2.45, 2.75) is 0 Å². The fraction of sp³-hybridized carbons (Fsp3) is 0. The van der Waals surface area contributed by atoms with Crippen LogP contribution in [0.25, 0.3) is 28.5 Å². The van der Waals surface area contributed by atoms with Gasteiger partial charge in [0.2, 0.25) is 5.88 Å². The average Bonchev–Trinajstić information content (AvgIpc) is 3.22. The molecule has 0 fully saturated rings. The number of nitrogens with zero attached hydrogens (tertiary/aromatic N) is 2. The molecule has 0 spiro atoms. The number of hydrogen-bond acceptors (Lipinski definition) is 5. The van der Waals surface area contributed by atoms with Gasteiger partial charge >= 0.3 is 0 Å². The smallest absolute Gasteiger partial charge is 0.269 e. The molecular weight excluding hydrogens is 418 g/mol. The van der Waals surface area contributed by atoms with Crippen molar-refractivity contribution in [3.63, 3.8) is 0 Å². The van der Waals surface area contributed by atoms with Crippen LogP contribution in [0, 0.1) is 21.4 Å². The molecule has 0 saturated heterocycles. The van der Waals surface area contributed by atoms with E-state index in [1.165, 1.54) is 36.4 Å². The molecule has 1 amide bonds. The Hall–Kier alpha value is -4.96. The van der Waals surface area contributed by atoms with Crippen molar-refractivity contribution in [3.8, 4) is 28.5 Å². The minimum Gasteiger partial charge on any atom is -0.438 e. The number of amides is 1. The summed E-state index contributed by atoms with van der Waals surface area (Å²) < 4.78 is 5.98. The zero-order chi connectivity index (χ0) is 23.2. The number of hydrogen-bond donors (Lipinski definition) is 1. The van der Waals surface area contributed by atoms with Gasteiger partial charge in [0.15, 0.2) is 0 Å². The summed E-state index contributed by atoms with van der Waals surface area (Å²) in [6.45, 7) is 0. The number of non-ortho nitro benzene ring substituents is 1. The molecular formula is C26H17N3O4. The minimum atomic E-state index is -0.502. The fourth-order valence-corrected chi connectivity index (χ4v) is 3.33. The van der Waals surface area contributed by atoms with Crippen LogP contribution in [0.3, 0.4) is 0 Å². The third kappa shape index (κ3) is 4.70. The van der Waals surface area contributed by atoms with Crippen LogP contribution in [0.1, 0.15) is 11.1 Å². The second-order valence-corrected chi connectivity index (χ2v) is 7.03. The molecule has 0 saturated carbocycles. The highest BCUT2D eigenvalue weighted by atomic mass is 16.6. The number of rotatable bonds is 6. The normalized spacial score (nSPS) is 10.6. The van der Waals surface area contributed by atoms with Gasteiger partial charge in [-0.15, -0.1) is 0 Å². The van der Waals surface area contributed by atoms with E-state index in [1.807, 2.05) is 60.7 Å². The number of nitro benzene ring substituents is 1. The summed E-state index contributed by atoms with van der Waals surface area (Å²) in [7, 11) is 0. The lowest BCUT2D eigenvalue weighted by Crippen LogP contribution is -2.08. The molecule has 7 nitrogen and oxygen atoms in total. The maximum atomic E-state index is 12.5. The van der Waals surface area contributed by atoms with Gasteiger partial charge in [-0.25, -0.2) is 0 Å². The van der Waals surface area contributed by atoms with Crippen molar-refractivity contribution in [2.24, 2.45) is 0 Å². The van der Waals surface area contributed by atoms with Gasteiger partial charge in [0, 0.05) is 29.3 Å². The zero-order valence-corrected chi connectivity index (χ0v) is 17.3. The molecule has 1 aromatic heterocycles. The van der Waals surface area contributed by atoms with E-state index in [-0.39, 0.29) is 17.1 Å². The summed E-state index contributed by atoms with van der Waals surface area (Å²) in [5, 5.41) is 23.3. The van der Waals surface area contributed by atoms with Gasteiger partial charge in [-0.3, -0.25) is 20.2 Å². The molecule has 0 unspecified atom stereocenters. The molecule has 1 N–H and O–H groups in total. The van der Waals surface area contributed by atoms with Gasteiger partial charge in [0.25, 0.3) is 11.6 Å². The van der Waals surface area contributed by atoms with E-state index in [0.29, 0.717) is 16.9 Å². The zero-order valence-electron chi connectivity index (χ0n) is 17.3. The summed E-state index contributed by atoms with van der Waals surface area (Å²) in [6.07, 6.45) is 2.79. The quantitative estimate of drug-likeness (QED) is 0.225. The second-order valence-electron chi connectivity index (χ2n) is 7.03. The summed E-state index contributed by atoms with van der Waals surface area (Å²) in [4.78, 5) is 22.8. The highest BCUT2D eigenvalue weighted by molar-refractivity contribution is 6.03. The van der Waals surface area contributed by atoms with Crippen molar-refractivity contribution < 1.29 is 14.1 Å². The molecule has 160 valence electrons. The Morgan fingerprint density at radius 2 is 1.55 bits per heavy atom. The first-order chi connectivity index (χ1) is 16.1. The van der Waals surface area contributed by atoms with Crippen LogP contribution in [0.4, 0.5) is 11.6 Å². The highest BCUT2D eigenvalue weighted by Gasteiger charge is 2.23. The first kappa shape index (κ1) is 21.3. The number of benzene rings is 3. The van der Waals surface area contributed by atoms with E-state index >= 15 is 0 Å². The molecule has 0 atom stereocenters. The SMILES string of the molecule is N#Cc1c(NC(=O)/C=C/c2ccc([N+](=O)[O-])cc2)oc(-c2ccccc2)c1-c1ccccc1. The van der Waals surface area contributed by atoms with Crippen LogP contribution in [0.2, 0.25) is 0 Å². The molecule has 0 aliphatic heterocycles. The minimum absolute atomic E-state index is 0.0345. The van der Waals surface area contributed by atoms with Crippen LogP contribution in [0.15, 0.2) is 95.4 Å². The Labute approximate surface area is 189 Å². The second kappa shape index (κ2) is 9.45. The van der Waals surface area contributed by atoms with Gasteiger partial charge in [0.1, 0.15) is 17.4 Å². The maximum absolute atomic E-state index is 12.5. The Bertz CT molecular complexity index is 1370. The lowest BCUT2D eigenvalue weighted by molar-refractivity contribution is -0.384. The van der Waals surface area contributed by atoms with Gasteiger partial charge in [0.05, 0.1) is 4.92 Å². The molecule has 0 aliphatic rings. The lowest BCUT2D eigenvalue weighted by atomic mass is 9.98. The van der Waals surface area contributed by atoms with E-state index in [9.17, 15) is 20.2 Å². The first-order valence-corrected chi connectivity index (χ1v) is 9.98. The Balaban J connectivity index is 1.66. The summed E-state index contributed by atoms with van der Waals surface area (Å²) in [6, 6.07) is 26.6. The molecule has 0 radical (unpaired) electrons. The van der Waals surface area contributed by atoms with Crippen LogP contribution >= 0.6 is 0 Å². The third-order valence-corrected chi connectivity index (χ3v) is 4.89. The Morgan fingerprint density at radius 3 is 2.12 bits per heavy atom. The summed E-state index contributed by atoms with van der Waals surface area (Å²) >= 11 is 0. The predicted molar refractivity (Wildman–Crippen MR) is 125 cm³/mol. The van der Waals surface area contributed by atoms with Crippen LogP contribution in [-0.2, 0) is 4.79 Å². The standard InChI is InChI=1S/C26H17N3O4/c27-17-22-24(19-7-3-1-4-8-19)25(20-9-5-2-6-10-20)33-26(22)28-23(30)16-13-18-11-14-21(15-12-18)29(31)32/h1-16H,(H,28,30)/b16-13+. The first-order valence-electron chi connectivity index (χ1n) is 9.98. The third-order valence-electron chi connectivity index (χ3n) is 4.89. The summed E-state index contributed by atoms with van der Waals surface area (Å²) in [5.41, 5.74) is 2.96. The van der Waals surface area contributed by atoms with E-state index in [2.05, 4.69) is 11.4 Å². The molecule has 0 aliphatic carbocycles. The van der Waals surface area contributed by atoms with Crippen LogP contribution < -0.4 is 5.32 Å². The van der Waals surface area contributed by atoms with E-state index in [0.717, 1.165) is 11.1 Å². The van der Waals surface area contributed by atoms with Crippen molar-refractivity contribution in [2.75, 3.05) is 5.32 Å². The summed E-state index contributed by atoms with van der Waals surface area (Å²) in [5.74, 6) is 0.0272. The predicted octanol–water partition coefficient (Wildman–Crippen LogP) is 6.05. The van der Waals surface area contributed by atoms with E-state index in [1.54, 1.807) is 0 Å². The van der Waals surface area contributed by atoms with Crippen LogP contribution in [0.5, 0.6) is 0 Å². The van der Waals surface area contributed by atoms with E-state index in [4.69, 9.17) is 4.42 Å².